The van der Waals surface area contributed by atoms with E-state index in [1.165, 1.54) is 6.92 Å². The molecule has 0 aliphatic rings. The summed E-state index contributed by atoms with van der Waals surface area (Å²) in [6, 6.07) is 0. The van der Waals surface area contributed by atoms with Crippen molar-refractivity contribution >= 4 is 11.9 Å². The first-order valence-corrected chi connectivity index (χ1v) is 4.17. The fourth-order valence-electron chi connectivity index (χ4n) is 0.598. The van der Waals surface area contributed by atoms with Crippen LogP contribution in [0.1, 0.15) is 20.8 Å². The number of nitrogens with one attached hydrogen (secondary N) is 1. The fourth-order valence-corrected chi connectivity index (χ4v) is 0.598. The van der Waals surface area contributed by atoms with Crippen LogP contribution >= 0.6 is 0 Å². The predicted molar refractivity (Wildman–Crippen MR) is 53.3 cm³/mol. The van der Waals surface area contributed by atoms with Crippen LogP contribution in [0, 0.1) is 0 Å². The third kappa shape index (κ3) is 4.45. The molecule has 0 aromatic carbocycles. The Kier molecular flexibility index (Phi) is 4.63. The minimum absolute atomic E-state index is 0.293. The Hall–Kier alpha value is -1.58. The molecule has 0 aromatic rings. The lowest BCUT2D eigenvalue weighted by Crippen LogP contribution is -2.36. The molecular formula is C10H15NO3. The van der Waals surface area contributed by atoms with E-state index in [-0.39, 0.29) is 5.91 Å². The SMILES string of the molecule is C=C(C)C(=O)N[C@H](C)OC(=O)C(=C)C. The second-order valence-corrected chi connectivity index (χ2v) is 3.08. The van der Waals surface area contributed by atoms with Gasteiger partial charge in [0.15, 0.2) is 6.23 Å². The molecule has 0 radical (unpaired) electrons. The van der Waals surface area contributed by atoms with Crippen LogP contribution in [-0.2, 0) is 14.3 Å². The second kappa shape index (κ2) is 5.21. The first-order chi connectivity index (χ1) is 6.34. The van der Waals surface area contributed by atoms with Gasteiger partial charge in [0.05, 0.1) is 0 Å². The van der Waals surface area contributed by atoms with Gasteiger partial charge < -0.3 is 10.1 Å². The largest absolute Gasteiger partial charge is 0.439 e. The van der Waals surface area contributed by atoms with Crippen LogP contribution in [0.4, 0.5) is 0 Å². The van der Waals surface area contributed by atoms with Crippen molar-refractivity contribution in [3.63, 3.8) is 0 Å². The first-order valence-electron chi connectivity index (χ1n) is 4.17. The third-order valence-corrected chi connectivity index (χ3v) is 1.35. The topological polar surface area (TPSA) is 55.4 Å². The molecule has 0 aliphatic heterocycles. The molecule has 0 unspecified atom stereocenters. The Labute approximate surface area is 83.6 Å². The van der Waals surface area contributed by atoms with E-state index in [1.807, 2.05) is 0 Å². The van der Waals surface area contributed by atoms with Gasteiger partial charge in [-0.3, -0.25) is 4.79 Å². The van der Waals surface area contributed by atoms with E-state index >= 15 is 0 Å². The molecular weight excluding hydrogens is 182 g/mol. The van der Waals surface area contributed by atoms with Crippen LogP contribution in [0.2, 0.25) is 0 Å². The van der Waals surface area contributed by atoms with Crippen molar-refractivity contribution in [1.29, 1.82) is 0 Å². The average molecular weight is 197 g/mol. The number of esters is 1. The Bertz CT molecular complexity index is 253. The molecule has 0 saturated carbocycles. The van der Waals surface area contributed by atoms with Crippen molar-refractivity contribution in [2.75, 3.05) is 0 Å². The summed E-state index contributed by atoms with van der Waals surface area (Å²) in [4.78, 5) is 22.1. The monoisotopic (exact) mass is 197 g/mol. The summed E-state index contributed by atoms with van der Waals surface area (Å²) in [5.41, 5.74) is 0.657. The fraction of sp³-hybridized carbons (Fsp3) is 0.400. The lowest BCUT2D eigenvalue weighted by molar-refractivity contribution is -0.146. The number of carbonyl (C=O) groups excluding carboxylic acids is 2. The maximum absolute atomic E-state index is 11.1. The Morgan fingerprint density at radius 3 is 2.07 bits per heavy atom. The van der Waals surface area contributed by atoms with Crippen LogP contribution in [-0.4, -0.2) is 18.1 Å². The van der Waals surface area contributed by atoms with E-state index in [4.69, 9.17) is 4.74 Å². The number of carbonyl (C=O) groups is 2. The van der Waals surface area contributed by atoms with Gasteiger partial charge in [0.2, 0.25) is 5.91 Å². The van der Waals surface area contributed by atoms with E-state index in [9.17, 15) is 9.59 Å². The molecule has 0 aliphatic carbocycles. The van der Waals surface area contributed by atoms with Crippen LogP contribution in [0.3, 0.4) is 0 Å². The molecule has 0 spiro atoms. The van der Waals surface area contributed by atoms with Crippen molar-refractivity contribution < 1.29 is 14.3 Å². The normalized spacial score (nSPS) is 11.4. The van der Waals surface area contributed by atoms with Gasteiger partial charge in [-0.15, -0.1) is 0 Å². The summed E-state index contributed by atoms with van der Waals surface area (Å²) >= 11 is 0. The first kappa shape index (κ1) is 12.4. The number of rotatable bonds is 4. The van der Waals surface area contributed by atoms with E-state index in [0.29, 0.717) is 11.1 Å². The highest BCUT2D eigenvalue weighted by atomic mass is 16.6. The average Bonchev–Trinajstić information content (AvgIpc) is 2.03. The van der Waals surface area contributed by atoms with Crippen molar-refractivity contribution in [1.82, 2.24) is 5.32 Å². The zero-order valence-corrected chi connectivity index (χ0v) is 8.72. The number of hydrogen-bond donors (Lipinski definition) is 1. The molecule has 1 atom stereocenters. The zero-order valence-electron chi connectivity index (χ0n) is 8.72. The molecule has 0 fully saturated rings. The van der Waals surface area contributed by atoms with Gasteiger partial charge >= 0.3 is 5.97 Å². The molecule has 0 aromatic heterocycles. The highest BCUT2D eigenvalue weighted by Gasteiger charge is 2.12. The zero-order chi connectivity index (χ0) is 11.3. The lowest BCUT2D eigenvalue weighted by Gasteiger charge is -2.14. The summed E-state index contributed by atoms with van der Waals surface area (Å²) in [6.45, 7) is 11.5. The van der Waals surface area contributed by atoms with Crippen molar-refractivity contribution in [3.05, 3.63) is 24.3 Å². The molecule has 0 saturated heterocycles. The molecule has 4 heteroatoms. The standard InChI is InChI=1S/C10H15NO3/c1-6(2)9(12)11-8(5)14-10(13)7(3)4/h8H,1,3H2,2,4-5H3,(H,11,12)/t8-/m0/s1. The number of amides is 1. The van der Waals surface area contributed by atoms with E-state index in [2.05, 4.69) is 18.5 Å². The quantitative estimate of drug-likeness (QED) is 0.418. The van der Waals surface area contributed by atoms with Crippen molar-refractivity contribution in [2.45, 2.75) is 27.0 Å². The Balaban J connectivity index is 4.05. The van der Waals surface area contributed by atoms with E-state index in [0.717, 1.165) is 0 Å². The Morgan fingerprint density at radius 1 is 1.21 bits per heavy atom. The van der Waals surface area contributed by atoms with E-state index in [1.54, 1.807) is 13.8 Å². The van der Waals surface area contributed by atoms with Crippen LogP contribution in [0.5, 0.6) is 0 Å². The molecule has 14 heavy (non-hydrogen) atoms. The van der Waals surface area contributed by atoms with Crippen molar-refractivity contribution in [2.24, 2.45) is 0 Å². The van der Waals surface area contributed by atoms with Gasteiger partial charge in [-0.05, 0) is 20.8 Å². The molecule has 0 bridgehead atoms. The summed E-state index contributed by atoms with van der Waals surface area (Å²) in [5.74, 6) is -0.869. The Morgan fingerprint density at radius 2 is 1.71 bits per heavy atom. The van der Waals surface area contributed by atoms with Gasteiger partial charge in [-0.1, -0.05) is 13.2 Å². The van der Waals surface area contributed by atoms with Gasteiger partial charge in [0, 0.05) is 11.1 Å². The van der Waals surface area contributed by atoms with Gasteiger partial charge in [0.25, 0.3) is 0 Å². The maximum atomic E-state index is 11.1. The smallest absolute Gasteiger partial charge is 0.335 e. The number of ether oxygens (including phenoxy) is 1. The molecule has 4 nitrogen and oxygen atoms in total. The third-order valence-electron chi connectivity index (χ3n) is 1.35. The minimum Gasteiger partial charge on any atom is -0.439 e. The minimum atomic E-state index is -0.677. The molecule has 0 rings (SSSR count). The van der Waals surface area contributed by atoms with Crippen LogP contribution < -0.4 is 5.32 Å². The number of hydrogen-bond acceptors (Lipinski definition) is 3. The molecule has 0 heterocycles. The van der Waals surface area contributed by atoms with Gasteiger partial charge in [-0.2, -0.15) is 0 Å². The maximum Gasteiger partial charge on any atom is 0.335 e. The van der Waals surface area contributed by atoms with E-state index < -0.39 is 12.2 Å². The van der Waals surface area contributed by atoms with Crippen molar-refractivity contribution in [3.8, 4) is 0 Å². The lowest BCUT2D eigenvalue weighted by atomic mass is 10.3. The second-order valence-electron chi connectivity index (χ2n) is 3.08. The molecule has 1 N–H and O–H groups in total. The highest BCUT2D eigenvalue weighted by molar-refractivity contribution is 5.92. The predicted octanol–water partition coefficient (Wildman–Crippen LogP) is 1.14. The summed E-state index contributed by atoms with van der Waals surface area (Å²) in [7, 11) is 0. The summed E-state index contributed by atoms with van der Waals surface area (Å²) < 4.78 is 4.82. The highest BCUT2D eigenvalue weighted by Crippen LogP contribution is 1.97. The summed E-state index contributed by atoms with van der Waals surface area (Å²) in [6.07, 6.45) is -0.677. The van der Waals surface area contributed by atoms with Gasteiger partial charge in [0.1, 0.15) is 0 Å². The van der Waals surface area contributed by atoms with Crippen LogP contribution in [0.15, 0.2) is 24.3 Å². The molecule has 1 amide bonds. The van der Waals surface area contributed by atoms with Gasteiger partial charge in [-0.25, -0.2) is 4.79 Å². The van der Waals surface area contributed by atoms with Crippen LogP contribution in [0.25, 0.3) is 0 Å². The molecule has 78 valence electrons. The summed E-state index contributed by atoms with van der Waals surface area (Å²) in [5, 5.41) is 2.44.